The largest absolute Gasteiger partial charge is 0.387 e. The van der Waals surface area contributed by atoms with Gasteiger partial charge in [0.15, 0.2) is 0 Å². The first-order valence-electron chi connectivity index (χ1n) is 6.14. The number of hydrogen-bond donors (Lipinski definition) is 1. The van der Waals surface area contributed by atoms with Gasteiger partial charge < -0.3 is 5.11 Å². The number of fused-ring (bicyclic) bond motifs is 1. The van der Waals surface area contributed by atoms with Gasteiger partial charge in [-0.25, -0.2) is 8.78 Å². The smallest absolute Gasteiger partial charge is 0.146 e. The molecule has 0 aromatic heterocycles. The zero-order chi connectivity index (χ0) is 14.3. The fourth-order valence-corrected chi connectivity index (χ4v) is 4.04. The SMILES string of the molecule is OC(c1c(F)ccc(Br)c1F)C1Cc2ccccc2S1. The third-order valence-corrected chi connectivity index (χ3v) is 5.39. The molecule has 3 rings (SSSR count). The van der Waals surface area contributed by atoms with Crippen molar-refractivity contribution in [1.29, 1.82) is 0 Å². The van der Waals surface area contributed by atoms with Crippen LogP contribution in [0, 0.1) is 11.6 Å². The lowest BCUT2D eigenvalue weighted by molar-refractivity contribution is 0.165. The lowest BCUT2D eigenvalue weighted by Gasteiger charge is -2.19. The molecular formula is C15H11BrF2OS. The molecule has 0 amide bonds. The molecule has 2 unspecified atom stereocenters. The summed E-state index contributed by atoms with van der Waals surface area (Å²) in [6.07, 6.45) is -0.571. The van der Waals surface area contributed by atoms with Crippen LogP contribution in [0.3, 0.4) is 0 Å². The molecule has 2 aromatic carbocycles. The molecule has 2 aromatic rings. The van der Waals surface area contributed by atoms with Crippen molar-refractivity contribution in [3.05, 3.63) is 63.6 Å². The molecular weight excluding hydrogens is 346 g/mol. The number of hydrogen-bond acceptors (Lipinski definition) is 2. The number of benzene rings is 2. The maximum Gasteiger partial charge on any atom is 0.146 e. The van der Waals surface area contributed by atoms with E-state index in [1.807, 2.05) is 24.3 Å². The number of halogens is 3. The van der Waals surface area contributed by atoms with Gasteiger partial charge in [0, 0.05) is 10.1 Å². The molecule has 5 heteroatoms. The van der Waals surface area contributed by atoms with Crippen molar-refractivity contribution in [2.24, 2.45) is 0 Å². The number of aliphatic hydroxyl groups excluding tert-OH is 1. The zero-order valence-electron chi connectivity index (χ0n) is 10.3. The Kier molecular flexibility index (Phi) is 3.84. The van der Waals surface area contributed by atoms with E-state index in [1.54, 1.807) is 0 Å². The summed E-state index contributed by atoms with van der Waals surface area (Å²) < 4.78 is 28.0. The van der Waals surface area contributed by atoms with Gasteiger partial charge in [-0.05, 0) is 46.1 Å². The lowest BCUT2D eigenvalue weighted by Crippen LogP contribution is -2.17. The van der Waals surface area contributed by atoms with Crippen LogP contribution in [0.5, 0.6) is 0 Å². The third kappa shape index (κ3) is 2.38. The molecule has 0 saturated heterocycles. The van der Waals surface area contributed by atoms with Gasteiger partial charge >= 0.3 is 0 Å². The van der Waals surface area contributed by atoms with Gasteiger partial charge in [-0.1, -0.05) is 18.2 Å². The van der Waals surface area contributed by atoms with E-state index in [0.29, 0.717) is 6.42 Å². The Hall–Kier alpha value is -0.910. The minimum atomic E-state index is -1.18. The maximum atomic E-state index is 14.0. The predicted molar refractivity (Wildman–Crippen MR) is 78.8 cm³/mol. The van der Waals surface area contributed by atoms with Gasteiger partial charge in [0.2, 0.25) is 0 Å². The Morgan fingerprint density at radius 3 is 2.70 bits per heavy atom. The fourth-order valence-electron chi connectivity index (χ4n) is 2.38. The quantitative estimate of drug-likeness (QED) is 0.800. The highest BCUT2D eigenvalue weighted by molar-refractivity contribution is 9.10. The molecule has 0 radical (unpaired) electrons. The lowest BCUT2D eigenvalue weighted by atomic mass is 10.0. The van der Waals surface area contributed by atoms with Crippen LogP contribution in [-0.2, 0) is 6.42 Å². The van der Waals surface area contributed by atoms with E-state index in [0.717, 1.165) is 10.5 Å². The van der Waals surface area contributed by atoms with Crippen molar-refractivity contribution in [3.8, 4) is 0 Å². The van der Waals surface area contributed by atoms with Gasteiger partial charge in [0.25, 0.3) is 0 Å². The van der Waals surface area contributed by atoms with Crippen molar-refractivity contribution in [3.63, 3.8) is 0 Å². The standard InChI is InChI=1S/C15H11BrF2OS/c16-9-5-6-10(17)13(14(9)18)15(19)12-7-8-3-1-2-4-11(8)20-12/h1-6,12,15,19H,7H2. The average Bonchev–Trinajstić information content (AvgIpc) is 2.87. The molecule has 0 bridgehead atoms. The third-order valence-electron chi connectivity index (χ3n) is 3.40. The summed E-state index contributed by atoms with van der Waals surface area (Å²) >= 11 is 4.49. The van der Waals surface area contributed by atoms with Crippen LogP contribution in [0.2, 0.25) is 0 Å². The van der Waals surface area contributed by atoms with Crippen molar-refractivity contribution in [2.75, 3.05) is 0 Å². The van der Waals surface area contributed by atoms with Crippen LogP contribution in [-0.4, -0.2) is 10.4 Å². The second-order valence-electron chi connectivity index (χ2n) is 4.67. The van der Waals surface area contributed by atoms with Crippen LogP contribution >= 0.6 is 27.7 Å². The van der Waals surface area contributed by atoms with E-state index >= 15 is 0 Å². The Morgan fingerprint density at radius 1 is 1.20 bits per heavy atom. The van der Waals surface area contributed by atoms with Crippen molar-refractivity contribution >= 4 is 27.7 Å². The Balaban J connectivity index is 1.92. The van der Waals surface area contributed by atoms with Crippen LogP contribution < -0.4 is 0 Å². The van der Waals surface area contributed by atoms with Gasteiger partial charge in [-0.2, -0.15) is 0 Å². The van der Waals surface area contributed by atoms with Crippen molar-refractivity contribution in [2.45, 2.75) is 22.7 Å². The molecule has 1 aliphatic rings. The van der Waals surface area contributed by atoms with E-state index in [2.05, 4.69) is 15.9 Å². The second kappa shape index (κ2) is 5.47. The Bertz CT molecular complexity index is 637. The maximum absolute atomic E-state index is 14.0. The van der Waals surface area contributed by atoms with Gasteiger partial charge in [-0.3, -0.25) is 0 Å². The average molecular weight is 357 g/mol. The summed E-state index contributed by atoms with van der Waals surface area (Å²) in [5.41, 5.74) is 0.849. The number of aliphatic hydroxyl groups is 1. The molecule has 1 N–H and O–H groups in total. The van der Waals surface area contributed by atoms with Crippen LogP contribution in [0.4, 0.5) is 8.78 Å². The fraction of sp³-hybridized carbons (Fsp3) is 0.200. The first-order chi connectivity index (χ1) is 9.58. The molecule has 0 fully saturated rings. The molecule has 0 aliphatic carbocycles. The highest BCUT2D eigenvalue weighted by Gasteiger charge is 2.32. The number of rotatable bonds is 2. The van der Waals surface area contributed by atoms with Crippen molar-refractivity contribution < 1.29 is 13.9 Å². The van der Waals surface area contributed by atoms with Gasteiger partial charge in [0.1, 0.15) is 11.6 Å². The molecule has 20 heavy (non-hydrogen) atoms. The van der Waals surface area contributed by atoms with Gasteiger partial charge in [-0.15, -0.1) is 11.8 Å². The Labute approximate surface area is 128 Å². The van der Waals surface area contributed by atoms with E-state index in [9.17, 15) is 13.9 Å². The molecule has 2 atom stereocenters. The first-order valence-corrected chi connectivity index (χ1v) is 7.81. The Morgan fingerprint density at radius 2 is 1.95 bits per heavy atom. The molecule has 1 nitrogen and oxygen atoms in total. The summed E-state index contributed by atoms with van der Waals surface area (Å²) in [6.45, 7) is 0. The summed E-state index contributed by atoms with van der Waals surface area (Å²) in [5.74, 6) is -1.44. The summed E-state index contributed by atoms with van der Waals surface area (Å²) in [4.78, 5) is 1.06. The van der Waals surface area contributed by atoms with Crippen LogP contribution in [0.15, 0.2) is 45.8 Å². The van der Waals surface area contributed by atoms with E-state index in [-0.39, 0.29) is 15.3 Å². The number of thioether (sulfide) groups is 1. The second-order valence-corrected chi connectivity index (χ2v) is 6.81. The highest BCUT2D eigenvalue weighted by Crippen LogP contribution is 2.43. The minimum Gasteiger partial charge on any atom is -0.387 e. The topological polar surface area (TPSA) is 20.2 Å². The van der Waals surface area contributed by atoms with Crippen molar-refractivity contribution in [1.82, 2.24) is 0 Å². The van der Waals surface area contributed by atoms with Crippen LogP contribution in [0.25, 0.3) is 0 Å². The van der Waals surface area contributed by atoms with Crippen LogP contribution in [0.1, 0.15) is 17.2 Å². The molecule has 1 heterocycles. The summed E-state index contributed by atoms with van der Waals surface area (Å²) in [5, 5.41) is 10.1. The van der Waals surface area contributed by atoms with E-state index in [1.165, 1.54) is 23.9 Å². The predicted octanol–water partition coefficient (Wildman–Crippen LogP) is 4.48. The minimum absolute atomic E-state index is 0.161. The molecule has 104 valence electrons. The van der Waals surface area contributed by atoms with E-state index < -0.39 is 17.7 Å². The zero-order valence-corrected chi connectivity index (χ0v) is 12.7. The summed E-state index contributed by atoms with van der Waals surface area (Å²) in [7, 11) is 0. The highest BCUT2D eigenvalue weighted by atomic mass is 79.9. The van der Waals surface area contributed by atoms with E-state index in [4.69, 9.17) is 0 Å². The first kappa shape index (κ1) is 14.0. The monoisotopic (exact) mass is 356 g/mol. The molecule has 1 aliphatic heterocycles. The molecule has 0 spiro atoms. The molecule has 0 saturated carbocycles. The summed E-state index contributed by atoms with van der Waals surface area (Å²) in [6, 6.07) is 10.2. The normalized spacial score (nSPS) is 18.9. The van der Waals surface area contributed by atoms with Gasteiger partial charge in [0.05, 0.1) is 16.1 Å².